The summed E-state index contributed by atoms with van der Waals surface area (Å²) in [7, 11) is 0. The third-order valence-electron chi connectivity index (χ3n) is 2.01. The number of rotatable bonds is 6. The van der Waals surface area contributed by atoms with Crippen molar-refractivity contribution in [2.45, 2.75) is 26.7 Å². The first-order chi connectivity index (χ1) is 7.51. The van der Waals surface area contributed by atoms with Gasteiger partial charge in [0.1, 0.15) is 0 Å². The molecule has 0 bridgehead atoms. The molecule has 104 valence electrons. The van der Waals surface area contributed by atoms with Crippen LogP contribution in [0.4, 0.5) is 0 Å². The van der Waals surface area contributed by atoms with Crippen LogP contribution in [0.3, 0.4) is 0 Å². The molecule has 0 fully saturated rings. The highest BCUT2D eigenvalue weighted by Crippen LogP contribution is 2.06. The van der Waals surface area contributed by atoms with Crippen LogP contribution in [0.25, 0.3) is 0 Å². The van der Waals surface area contributed by atoms with E-state index in [1.807, 2.05) is 0 Å². The summed E-state index contributed by atoms with van der Waals surface area (Å²) in [4.78, 5) is 19.9. The van der Waals surface area contributed by atoms with Crippen LogP contribution in [0, 0.1) is 5.92 Å². The largest absolute Gasteiger partial charge is 1.00 e. The molecule has 6 N–H and O–H groups in total. The molecule has 0 aromatic carbocycles. The highest BCUT2D eigenvalue weighted by atomic mass is 35.5. The Hall–Kier alpha value is -0.850. The second kappa shape index (κ2) is 15.1. The fourth-order valence-corrected chi connectivity index (χ4v) is 0.807. The van der Waals surface area contributed by atoms with Crippen LogP contribution in [-0.4, -0.2) is 36.7 Å². The standard InChI is InChI=1S/C8H17NO2.C2H5NO2.ClH/c1-3-7(4-2)6-11-8(10)5-9;3-1-2(4)5;/h7H,3-6,9H2,1-2H3;1,3H2,(H,4,5);1H. The zero-order valence-corrected chi connectivity index (χ0v) is 11.2. The first-order valence-corrected chi connectivity index (χ1v) is 5.38. The maximum Gasteiger partial charge on any atom is 0.361 e. The molecule has 0 aromatic rings. The minimum Gasteiger partial charge on any atom is -1.00 e. The maximum atomic E-state index is 10.7. The van der Waals surface area contributed by atoms with Crippen LogP contribution in [-0.2, 0) is 14.3 Å². The summed E-state index contributed by atoms with van der Waals surface area (Å²) in [5, 5.41) is 7.60. The fraction of sp³-hybridized carbons (Fsp3) is 0.800. The first kappa shape index (κ1) is 21.4. The molecule has 0 unspecified atom stereocenters. The molecule has 0 radical (unpaired) electrons. The SMILES string of the molecule is CCC(CC)COC(=O)C[NH3+].NCC(=O)O.[Cl-]. The lowest BCUT2D eigenvalue weighted by molar-refractivity contribution is -0.359. The van der Waals surface area contributed by atoms with Gasteiger partial charge in [-0.2, -0.15) is 0 Å². The zero-order chi connectivity index (χ0) is 13.0. The minimum atomic E-state index is -0.968. The zero-order valence-electron chi connectivity index (χ0n) is 10.4. The van der Waals surface area contributed by atoms with Crippen molar-refractivity contribution in [3.8, 4) is 0 Å². The number of aliphatic carboxylic acids is 1. The number of hydrogen-bond acceptors (Lipinski definition) is 4. The van der Waals surface area contributed by atoms with Crippen molar-refractivity contribution in [1.82, 2.24) is 0 Å². The Morgan fingerprint density at radius 1 is 1.35 bits per heavy atom. The average Bonchev–Trinajstić information content (AvgIpc) is 2.30. The van der Waals surface area contributed by atoms with Gasteiger partial charge in [0.15, 0.2) is 6.54 Å². The molecule has 0 aromatic heterocycles. The van der Waals surface area contributed by atoms with Crippen LogP contribution in [0.2, 0.25) is 0 Å². The number of hydrogen-bond donors (Lipinski definition) is 3. The summed E-state index contributed by atoms with van der Waals surface area (Å²) in [6, 6.07) is 0. The van der Waals surface area contributed by atoms with Crippen molar-refractivity contribution in [2.75, 3.05) is 19.7 Å². The second-order valence-corrected chi connectivity index (χ2v) is 3.21. The molecule has 0 aliphatic heterocycles. The van der Waals surface area contributed by atoms with Gasteiger partial charge in [-0.1, -0.05) is 26.7 Å². The lowest BCUT2D eigenvalue weighted by Gasteiger charge is -2.10. The van der Waals surface area contributed by atoms with Crippen LogP contribution >= 0.6 is 0 Å². The van der Waals surface area contributed by atoms with Gasteiger partial charge in [0.05, 0.1) is 13.2 Å². The minimum absolute atomic E-state index is 0. The molecular formula is C10H23ClN2O4. The van der Waals surface area contributed by atoms with E-state index in [0.717, 1.165) is 12.8 Å². The average molecular weight is 271 g/mol. The van der Waals surface area contributed by atoms with Crippen LogP contribution in [0.5, 0.6) is 0 Å². The third-order valence-corrected chi connectivity index (χ3v) is 2.01. The normalized spacial score (nSPS) is 8.76. The maximum absolute atomic E-state index is 10.7. The van der Waals surface area contributed by atoms with Gasteiger partial charge < -0.3 is 33.7 Å². The number of halogens is 1. The molecule has 6 nitrogen and oxygen atoms in total. The van der Waals surface area contributed by atoms with Crippen molar-refractivity contribution < 1.29 is 37.6 Å². The predicted molar refractivity (Wildman–Crippen MR) is 59.5 cm³/mol. The third kappa shape index (κ3) is 17.7. The Morgan fingerprint density at radius 2 is 1.76 bits per heavy atom. The molecule has 0 saturated heterocycles. The first-order valence-electron chi connectivity index (χ1n) is 5.38. The number of carbonyl (C=O) groups is 2. The van der Waals surface area contributed by atoms with E-state index in [-0.39, 0.29) is 31.5 Å². The van der Waals surface area contributed by atoms with Gasteiger partial charge in [-0.3, -0.25) is 4.79 Å². The molecule has 7 heteroatoms. The Kier molecular flexibility index (Phi) is 19.1. The van der Waals surface area contributed by atoms with E-state index in [9.17, 15) is 9.59 Å². The summed E-state index contributed by atoms with van der Waals surface area (Å²) >= 11 is 0. The van der Waals surface area contributed by atoms with E-state index in [2.05, 4.69) is 25.3 Å². The lowest BCUT2D eigenvalue weighted by Crippen LogP contribution is -3.00. The van der Waals surface area contributed by atoms with Crippen LogP contribution in [0.15, 0.2) is 0 Å². The van der Waals surface area contributed by atoms with Crippen molar-refractivity contribution in [3.63, 3.8) is 0 Å². The van der Waals surface area contributed by atoms with Gasteiger partial charge in [0.25, 0.3) is 0 Å². The Bertz CT molecular complexity index is 199. The van der Waals surface area contributed by atoms with Gasteiger partial charge >= 0.3 is 11.9 Å². The highest BCUT2D eigenvalue weighted by molar-refractivity contribution is 5.70. The molecule has 0 amide bonds. The molecule has 0 atom stereocenters. The van der Waals surface area contributed by atoms with Crippen LogP contribution in [0.1, 0.15) is 26.7 Å². The summed E-state index contributed by atoms with van der Waals surface area (Å²) in [5.74, 6) is -0.646. The van der Waals surface area contributed by atoms with Gasteiger partial charge in [-0.15, -0.1) is 0 Å². The summed E-state index contributed by atoms with van der Waals surface area (Å²) < 4.78 is 4.93. The van der Waals surface area contributed by atoms with Crippen molar-refractivity contribution in [2.24, 2.45) is 11.7 Å². The quantitative estimate of drug-likeness (QED) is 0.429. The fourth-order valence-electron chi connectivity index (χ4n) is 0.807. The molecule has 0 rings (SSSR count). The van der Waals surface area contributed by atoms with Gasteiger partial charge in [-0.25, -0.2) is 4.79 Å². The predicted octanol–water partition coefficient (Wildman–Crippen LogP) is -3.76. The topological polar surface area (TPSA) is 117 Å². The van der Waals surface area contributed by atoms with Crippen molar-refractivity contribution in [3.05, 3.63) is 0 Å². The number of carboxylic acid groups (broad SMARTS) is 1. The molecule has 0 heterocycles. The Morgan fingerprint density at radius 3 is 2.00 bits per heavy atom. The van der Waals surface area contributed by atoms with Gasteiger partial charge in [-0.05, 0) is 5.92 Å². The molecule has 17 heavy (non-hydrogen) atoms. The Balaban J connectivity index is -0.000000280. The monoisotopic (exact) mass is 270 g/mol. The van der Waals surface area contributed by atoms with E-state index < -0.39 is 5.97 Å². The van der Waals surface area contributed by atoms with Crippen molar-refractivity contribution >= 4 is 11.9 Å². The second-order valence-electron chi connectivity index (χ2n) is 3.21. The molecule has 0 aliphatic rings. The molecule has 0 saturated carbocycles. The van der Waals surface area contributed by atoms with Gasteiger partial charge in [0, 0.05) is 0 Å². The van der Waals surface area contributed by atoms with E-state index in [0.29, 0.717) is 12.5 Å². The number of quaternary nitrogens is 1. The molecule has 0 spiro atoms. The van der Waals surface area contributed by atoms with E-state index >= 15 is 0 Å². The smallest absolute Gasteiger partial charge is 0.361 e. The number of carbonyl (C=O) groups excluding carboxylic acids is 1. The summed E-state index contributed by atoms with van der Waals surface area (Å²) in [6.07, 6.45) is 2.14. The molecular weight excluding hydrogens is 248 g/mol. The van der Waals surface area contributed by atoms with E-state index in [4.69, 9.17) is 9.84 Å². The van der Waals surface area contributed by atoms with Crippen molar-refractivity contribution in [1.29, 1.82) is 0 Å². The summed E-state index contributed by atoms with van der Waals surface area (Å²) in [5.41, 5.74) is 8.01. The van der Waals surface area contributed by atoms with E-state index in [1.165, 1.54) is 0 Å². The summed E-state index contributed by atoms with van der Waals surface area (Å²) in [6.45, 7) is 4.72. The van der Waals surface area contributed by atoms with Crippen LogP contribution < -0.4 is 23.9 Å². The Labute approximate surface area is 108 Å². The number of nitrogens with two attached hydrogens (primary N) is 1. The van der Waals surface area contributed by atoms with Gasteiger partial charge in [0.2, 0.25) is 0 Å². The number of carboxylic acids is 1. The number of ether oxygens (including phenoxy) is 1. The van der Waals surface area contributed by atoms with E-state index in [1.54, 1.807) is 0 Å². The molecule has 0 aliphatic carbocycles. The lowest BCUT2D eigenvalue weighted by atomic mass is 10.1. The highest BCUT2D eigenvalue weighted by Gasteiger charge is 2.07. The number of esters is 1.